The number of imidazole rings is 1. The summed E-state index contributed by atoms with van der Waals surface area (Å²) in [7, 11) is 0. The van der Waals surface area contributed by atoms with E-state index in [0.29, 0.717) is 35.5 Å². The van der Waals surface area contributed by atoms with Crippen LogP contribution in [0.1, 0.15) is 24.7 Å². The molecular weight excluding hydrogens is 378 g/mol. The maximum Gasteiger partial charge on any atom is 0.261 e. The smallest absolute Gasteiger partial charge is 0.261 e. The molecule has 1 aliphatic heterocycles. The highest BCUT2D eigenvalue weighted by atomic mass is 19.3. The van der Waals surface area contributed by atoms with Gasteiger partial charge in [0.25, 0.3) is 12.0 Å². The molecule has 0 saturated carbocycles. The van der Waals surface area contributed by atoms with Gasteiger partial charge in [-0.25, -0.2) is 23.3 Å². The number of benzene rings is 1. The molecule has 0 spiro atoms. The summed E-state index contributed by atoms with van der Waals surface area (Å²) in [4.78, 5) is 23.8. The largest absolute Gasteiger partial charge is 0.345 e. The van der Waals surface area contributed by atoms with Crippen LogP contribution in [-0.2, 0) is 6.54 Å². The van der Waals surface area contributed by atoms with Crippen LogP contribution in [0.25, 0.3) is 16.6 Å². The van der Waals surface area contributed by atoms with E-state index in [2.05, 4.69) is 15.1 Å². The minimum absolute atomic E-state index is 0.306. The van der Waals surface area contributed by atoms with Crippen LogP contribution < -0.4 is 10.5 Å². The van der Waals surface area contributed by atoms with E-state index in [0.717, 1.165) is 16.6 Å². The first-order chi connectivity index (χ1) is 14.1. The number of alkyl halides is 2. The van der Waals surface area contributed by atoms with Gasteiger partial charge in [-0.3, -0.25) is 9.36 Å². The van der Waals surface area contributed by atoms with Gasteiger partial charge in [0.15, 0.2) is 5.65 Å². The number of para-hydroxylation sites is 1. The normalized spacial score (nSPS) is 17.1. The van der Waals surface area contributed by atoms with Crippen molar-refractivity contribution >= 4 is 22.4 Å². The van der Waals surface area contributed by atoms with Gasteiger partial charge in [0.2, 0.25) is 0 Å². The molecule has 1 fully saturated rings. The number of nitrogens with zero attached hydrogens (tertiary/aromatic N) is 6. The van der Waals surface area contributed by atoms with Crippen LogP contribution in [-0.4, -0.2) is 37.1 Å². The van der Waals surface area contributed by atoms with Gasteiger partial charge in [-0.05, 0) is 37.1 Å². The number of aromatic nitrogens is 5. The summed E-state index contributed by atoms with van der Waals surface area (Å²) in [5.74, 6) is 1.06. The Morgan fingerprint density at radius 1 is 1.17 bits per heavy atom. The van der Waals surface area contributed by atoms with E-state index in [4.69, 9.17) is 0 Å². The lowest BCUT2D eigenvalue weighted by atomic mass is 10.1. The molecular formula is C20H18F2N6O. The second-order valence-electron chi connectivity index (χ2n) is 7.07. The molecule has 1 atom stereocenters. The van der Waals surface area contributed by atoms with Crippen LogP contribution >= 0.6 is 0 Å². The van der Waals surface area contributed by atoms with Crippen LogP contribution in [0.15, 0.2) is 53.6 Å². The lowest BCUT2D eigenvalue weighted by molar-refractivity contribution is 0.123. The van der Waals surface area contributed by atoms with E-state index < -0.39 is 18.5 Å². The third-order valence-corrected chi connectivity index (χ3v) is 5.30. The van der Waals surface area contributed by atoms with E-state index in [1.165, 1.54) is 0 Å². The zero-order valence-electron chi connectivity index (χ0n) is 15.4. The zero-order chi connectivity index (χ0) is 20.0. The lowest BCUT2D eigenvalue weighted by Crippen LogP contribution is -2.34. The minimum atomic E-state index is -2.65. The third-order valence-electron chi connectivity index (χ3n) is 5.30. The molecule has 5 rings (SSSR count). The molecule has 148 valence electrons. The molecule has 7 nitrogen and oxygen atoms in total. The van der Waals surface area contributed by atoms with E-state index in [-0.39, 0.29) is 6.04 Å². The van der Waals surface area contributed by atoms with Crippen molar-refractivity contribution in [1.29, 1.82) is 0 Å². The molecule has 4 aromatic rings. The van der Waals surface area contributed by atoms with Gasteiger partial charge in [-0.1, -0.05) is 12.1 Å². The van der Waals surface area contributed by atoms with Crippen molar-refractivity contribution in [3.8, 4) is 0 Å². The second kappa shape index (κ2) is 6.91. The molecule has 29 heavy (non-hydrogen) atoms. The van der Waals surface area contributed by atoms with E-state index in [1.807, 2.05) is 17.0 Å². The zero-order valence-corrected chi connectivity index (χ0v) is 15.4. The summed E-state index contributed by atoms with van der Waals surface area (Å²) >= 11 is 0. The first-order valence-electron chi connectivity index (χ1n) is 9.46. The number of hydrogen-bond acceptors (Lipinski definition) is 5. The van der Waals surface area contributed by atoms with Crippen molar-refractivity contribution in [3.05, 3.63) is 65.0 Å². The van der Waals surface area contributed by atoms with Gasteiger partial charge in [-0.15, -0.1) is 5.10 Å². The Morgan fingerprint density at radius 2 is 2.03 bits per heavy atom. The van der Waals surface area contributed by atoms with Gasteiger partial charge < -0.3 is 4.90 Å². The highest BCUT2D eigenvalue weighted by Crippen LogP contribution is 2.34. The Labute approximate surface area is 164 Å². The Hall–Kier alpha value is -3.36. The first-order valence-corrected chi connectivity index (χ1v) is 9.46. The van der Waals surface area contributed by atoms with Crippen molar-refractivity contribution in [1.82, 2.24) is 24.1 Å². The molecule has 9 heteroatoms. The number of hydrogen-bond donors (Lipinski definition) is 0. The van der Waals surface area contributed by atoms with Crippen LogP contribution in [0.4, 0.5) is 14.6 Å². The third kappa shape index (κ3) is 3.02. The average molecular weight is 396 g/mol. The van der Waals surface area contributed by atoms with Crippen molar-refractivity contribution in [2.45, 2.75) is 31.9 Å². The molecule has 0 aliphatic carbocycles. The van der Waals surface area contributed by atoms with Crippen LogP contribution in [0.5, 0.6) is 0 Å². The molecule has 0 radical (unpaired) electrons. The summed E-state index contributed by atoms with van der Waals surface area (Å²) < 4.78 is 29.4. The molecule has 0 bridgehead atoms. The minimum Gasteiger partial charge on any atom is -0.345 e. The van der Waals surface area contributed by atoms with Gasteiger partial charge in [0.1, 0.15) is 11.6 Å². The Bertz CT molecular complexity index is 1250. The SMILES string of the molecule is O=c1c2ccccc2nc(C2CCCN2c2ccc3nccn3n2)n1CC(F)F. The molecule has 1 saturated heterocycles. The maximum atomic E-state index is 13.3. The lowest BCUT2D eigenvalue weighted by Gasteiger charge is -2.27. The number of rotatable bonds is 4. The maximum absolute atomic E-state index is 13.3. The van der Waals surface area contributed by atoms with Crippen molar-refractivity contribution < 1.29 is 8.78 Å². The molecule has 4 heterocycles. The highest BCUT2D eigenvalue weighted by Gasteiger charge is 2.32. The van der Waals surface area contributed by atoms with E-state index in [1.54, 1.807) is 41.2 Å². The summed E-state index contributed by atoms with van der Waals surface area (Å²) in [5, 5.41) is 4.93. The predicted molar refractivity (Wildman–Crippen MR) is 104 cm³/mol. The first kappa shape index (κ1) is 17.7. The van der Waals surface area contributed by atoms with Crippen molar-refractivity contribution in [2.75, 3.05) is 11.4 Å². The standard InChI is InChI=1S/C20H18F2N6O/c21-16(22)12-27-19(24-14-5-2-1-4-13(14)20(27)29)15-6-3-10-26(15)18-8-7-17-23-9-11-28(17)25-18/h1-2,4-5,7-9,11,15-16H,3,6,10,12H2. The summed E-state index contributed by atoms with van der Waals surface area (Å²) in [6.07, 6.45) is 2.33. The number of anilines is 1. The Balaban J connectivity index is 1.65. The highest BCUT2D eigenvalue weighted by molar-refractivity contribution is 5.77. The molecule has 1 unspecified atom stereocenters. The molecule has 1 aromatic carbocycles. The summed E-state index contributed by atoms with van der Waals surface area (Å²) in [5.41, 5.74) is 0.807. The van der Waals surface area contributed by atoms with Gasteiger partial charge in [0.05, 0.1) is 23.5 Å². The van der Waals surface area contributed by atoms with Gasteiger partial charge in [0, 0.05) is 18.9 Å². The molecule has 3 aromatic heterocycles. The molecule has 0 N–H and O–H groups in total. The monoisotopic (exact) mass is 396 g/mol. The van der Waals surface area contributed by atoms with E-state index in [9.17, 15) is 13.6 Å². The van der Waals surface area contributed by atoms with Crippen molar-refractivity contribution in [2.24, 2.45) is 0 Å². The van der Waals surface area contributed by atoms with Crippen LogP contribution in [0, 0.1) is 0 Å². The summed E-state index contributed by atoms with van der Waals surface area (Å²) in [6, 6.07) is 10.3. The van der Waals surface area contributed by atoms with Gasteiger partial charge in [-0.2, -0.15) is 0 Å². The fourth-order valence-electron chi connectivity index (χ4n) is 4.02. The quantitative estimate of drug-likeness (QED) is 0.530. The van der Waals surface area contributed by atoms with E-state index >= 15 is 0 Å². The molecule has 0 amide bonds. The topological polar surface area (TPSA) is 68.3 Å². The Morgan fingerprint density at radius 3 is 2.90 bits per heavy atom. The predicted octanol–water partition coefficient (Wildman–Crippen LogP) is 3.05. The number of halogens is 2. The molecule has 1 aliphatic rings. The number of fused-ring (bicyclic) bond motifs is 2. The Kier molecular flexibility index (Phi) is 4.22. The van der Waals surface area contributed by atoms with Gasteiger partial charge >= 0.3 is 0 Å². The van der Waals surface area contributed by atoms with Crippen LogP contribution in [0.2, 0.25) is 0 Å². The van der Waals surface area contributed by atoms with Crippen LogP contribution in [0.3, 0.4) is 0 Å². The second-order valence-corrected chi connectivity index (χ2v) is 7.07. The average Bonchev–Trinajstić information content (AvgIpc) is 3.38. The van der Waals surface area contributed by atoms with Crippen molar-refractivity contribution in [3.63, 3.8) is 0 Å². The summed E-state index contributed by atoms with van der Waals surface area (Å²) in [6.45, 7) is 0.0274. The fraction of sp³-hybridized carbons (Fsp3) is 0.300. The fourth-order valence-corrected chi connectivity index (χ4v) is 4.02.